The Morgan fingerprint density at radius 3 is 2.84 bits per heavy atom. The number of nitrogens with one attached hydrogen (secondary N) is 1. The molecule has 2 unspecified atom stereocenters. The molecule has 1 aromatic rings. The Kier molecular flexibility index (Phi) is 10.6. The van der Waals surface area contributed by atoms with Crippen LogP contribution < -0.4 is 4.87 Å². The minimum atomic E-state index is -0.988. The van der Waals surface area contributed by atoms with Crippen LogP contribution in [0.3, 0.4) is 0 Å². The molecule has 2 rings (SSSR count). The maximum absolute atomic E-state index is 11.7. The third-order valence-electron chi connectivity index (χ3n) is 5.68. The first-order valence-electron chi connectivity index (χ1n) is 11.0. The summed E-state index contributed by atoms with van der Waals surface area (Å²) in [5, 5.41) is 10.5. The Bertz CT molecular complexity index is 870. The standard InChI is InChI=1S/C24H35NO6S/c1-17(9-7-5-6-8-10-18(2)13-22(26)27)11-12-19-14-20(29-3)15-24(30-4,31-19)21-16-32-23(28)25-21/h5-7,9,13,16-17,19-20H,8,10-12,14-15H2,1-4H3,(H,25,28)(H,26,27)/b6-5+,9-7-,18-13-/t17-,19-,20?,24?/m1/s1. The molecule has 0 aromatic carbocycles. The van der Waals surface area contributed by atoms with Crippen LogP contribution in [0, 0.1) is 5.92 Å². The van der Waals surface area contributed by atoms with Gasteiger partial charge in [-0.15, -0.1) is 0 Å². The molecule has 0 bridgehead atoms. The number of rotatable bonds is 12. The topological polar surface area (TPSA) is 97.8 Å². The van der Waals surface area contributed by atoms with Gasteiger partial charge in [-0.1, -0.05) is 48.1 Å². The van der Waals surface area contributed by atoms with Crippen LogP contribution in [0.4, 0.5) is 0 Å². The van der Waals surface area contributed by atoms with E-state index < -0.39 is 11.8 Å². The second-order valence-corrected chi connectivity index (χ2v) is 9.13. The van der Waals surface area contributed by atoms with E-state index in [-0.39, 0.29) is 17.1 Å². The van der Waals surface area contributed by atoms with Crippen molar-refractivity contribution >= 4 is 17.3 Å². The first kappa shape index (κ1) is 26.3. The average molecular weight is 466 g/mol. The monoisotopic (exact) mass is 465 g/mol. The van der Waals surface area contributed by atoms with Crippen molar-refractivity contribution in [1.82, 2.24) is 4.98 Å². The fourth-order valence-electron chi connectivity index (χ4n) is 3.85. The quantitative estimate of drug-likeness (QED) is 0.341. The van der Waals surface area contributed by atoms with Gasteiger partial charge in [-0.25, -0.2) is 4.79 Å². The molecule has 2 N–H and O–H groups in total. The van der Waals surface area contributed by atoms with E-state index in [0.29, 0.717) is 18.0 Å². The van der Waals surface area contributed by atoms with Gasteiger partial charge in [0.15, 0.2) is 0 Å². The highest BCUT2D eigenvalue weighted by Crippen LogP contribution is 2.40. The fraction of sp³-hybridized carbons (Fsp3) is 0.583. The Morgan fingerprint density at radius 1 is 1.44 bits per heavy atom. The summed E-state index contributed by atoms with van der Waals surface area (Å²) in [6.45, 7) is 4.00. The second kappa shape index (κ2) is 12.9. The van der Waals surface area contributed by atoms with Crippen molar-refractivity contribution in [1.29, 1.82) is 0 Å². The molecule has 0 aliphatic carbocycles. The normalized spacial score (nSPS) is 25.6. The third kappa shape index (κ3) is 8.16. The highest BCUT2D eigenvalue weighted by Gasteiger charge is 2.44. The Labute approximate surface area is 193 Å². The van der Waals surface area contributed by atoms with Crippen LogP contribution in [0.25, 0.3) is 0 Å². The van der Waals surface area contributed by atoms with E-state index in [1.807, 2.05) is 25.2 Å². The van der Waals surface area contributed by atoms with E-state index in [2.05, 4.69) is 18.0 Å². The number of thiazole rings is 1. The number of hydrogen-bond acceptors (Lipinski definition) is 6. The first-order chi connectivity index (χ1) is 15.3. The minimum absolute atomic E-state index is 0.00971. The average Bonchev–Trinajstić information content (AvgIpc) is 3.20. The number of carbonyl (C=O) groups is 1. The van der Waals surface area contributed by atoms with Crippen LogP contribution in [0.5, 0.6) is 0 Å². The van der Waals surface area contributed by atoms with E-state index in [0.717, 1.165) is 49.0 Å². The molecule has 0 spiro atoms. The summed E-state index contributed by atoms with van der Waals surface area (Å²) < 4.78 is 17.8. The van der Waals surface area contributed by atoms with Gasteiger partial charge < -0.3 is 24.3 Å². The van der Waals surface area contributed by atoms with Crippen molar-refractivity contribution in [3.8, 4) is 0 Å². The van der Waals surface area contributed by atoms with Crippen molar-refractivity contribution in [2.24, 2.45) is 5.92 Å². The summed E-state index contributed by atoms with van der Waals surface area (Å²) in [7, 11) is 3.29. The smallest absolute Gasteiger partial charge is 0.328 e. The van der Waals surface area contributed by atoms with E-state index in [4.69, 9.17) is 19.3 Å². The van der Waals surface area contributed by atoms with E-state index >= 15 is 0 Å². The van der Waals surface area contributed by atoms with Crippen LogP contribution in [0.1, 0.15) is 58.1 Å². The zero-order valence-corrected chi connectivity index (χ0v) is 20.2. The molecule has 32 heavy (non-hydrogen) atoms. The van der Waals surface area contributed by atoms with E-state index in [1.165, 1.54) is 6.08 Å². The molecule has 178 valence electrons. The SMILES string of the molecule is COC1C[C@@H](CC[C@H](C)/C=C\C=C\CC/C(C)=C\C(=O)O)OC(OC)(c2csc(=O)[nH]2)C1. The molecule has 1 aliphatic heterocycles. The number of aliphatic carboxylic acids is 1. The molecule has 8 heteroatoms. The lowest BCUT2D eigenvalue weighted by Gasteiger charge is -2.42. The number of aromatic nitrogens is 1. The summed E-state index contributed by atoms with van der Waals surface area (Å²) in [6.07, 6.45) is 14.1. The van der Waals surface area contributed by atoms with Gasteiger partial charge in [0.2, 0.25) is 5.79 Å². The van der Waals surface area contributed by atoms with E-state index in [1.54, 1.807) is 19.6 Å². The molecule has 1 aliphatic rings. The molecule has 2 heterocycles. The molecular formula is C24H35NO6S. The Balaban J connectivity index is 1.86. The molecule has 1 saturated heterocycles. The second-order valence-electron chi connectivity index (χ2n) is 8.29. The third-order valence-corrected chi connectivity index (χ3v) is 6.35. The van der Waals surface area contributed by atoms with Crippen molar-refractivity contribution in [2.45, 2.75) is 70.4 Å². The van der Waals surface area contributed by atoms with Gasteiger partial charge >= 0.3 is 10.8 Å². The summed E-state index contributed by atoms with van der Waals surface area (Å²) in [4.78, 5) is 25.0. The van der Waals surface area contributed by atoms with Gasteiger partial charge in [0.25, 0.3) is 0 Å². The lowest BCUT2D eigenvalue weighted by molar-refractivity contribution is -0.299. The lowest BCUT2D eigenvalue weighted by Crippen LogP contribution is -2.46. The molecular weight excluding hydrogens is 430 g/mol. The van der Waals surface area contributed by atoms with Crippen LogP contribution in [0.2, 0.25) is 0 Å². The number of carboxylic acids is 1. The number of methoxy groups -OCH3 is 2. The zero-order valence-electron chi connectivity index (χ0n) is 19.3. The molecule has 0 amide bonds. The number of aromatic amines is 1. The van der Waals surface area contributed by atoms with Gasteiger partial charge in [-0.3, -0.25) is 4.79 Å². The number of carboxylic acid groups (broad SMARTS) is 1. The summed E-state index contributed by atoms with van der Waals surface area (Å²) in [5.41, 5.74) is 1.51. The Hall–Kier alpha value is -2.00. The first-order valence-corrected chi connectivity index (χ1v) is 11.8. The molecule has 1 fully saturated rings. The van der Waals surface area contributed by atoms with Crippen LogP contribution in [-0.2, 0) is 24.8 Å². The Morgan fingerprint density at radius 2 is 2.22 bits per heavy atom. The predicted molar refractivity (Wildman–Crippen MR) is 126 cm³/mol. The van der Waals surface area contributed by atoms with Gasteiger partial charge in [0.05, 0.1) is 17.9 Å². The minimum Gasteiger partial charge on any atom is -0.478 e. The van der Waals surface area contributed by atoms with Crippen LogP contribution in [0.15, 0.2) is 46.1 Å². The number of hydrogen-bond donors (Lipinski definition) is 2. The zero-order chi connectivity index (χ0) is 23.6. The maximum Gasteiger partial charge on any atom is 0.328 e. The van der Waals surface area contributed by atoms with Crippen molar-refractivity contribution < 1.29 is 24.1 Å². The number of allylic oxidation sites excluding steroid dienone is 5. The molecule has 0 radical (unpaired) electrons. The van der Waals surface area contributed by atoms with Gasteiger partial charge in [-0.05, 0) is 38.5 Å². The van der Waals surface area contributed by atoms with Crippen LogP contribution in [-0.4, -0.2) is 42.5 Å². The molecule has 4 atom stereocenters. The van der Waals surface area contributed by atoms with E-state index in [9.17, 15) is 9.59 Å². The highest BCUT2D eigenvalue weighted by molar-refractivity contribution is 7.07. The predicted octanol–water partition coefficient (Wildman–Crippen LogP) is 4.77. The van der Waals surface area contributed by atoms with Crippen molar-refractivity contribution in [3.05, 3.63) is 56.7 Å². The molecule has 1 aromatic heterocycles. The number of H-pyrrole nitrogens is 1. The van der Waals surface area contributed by atoms with Gasteiger partial charge in [0.1, 0.15) is 0 Å². The maximum atomic E-state index is 11.7. The molecule has 0 saturated carbocycles. The fourth-order valence-corrected chi connectivity index (χ4v) is 4.48. The highest BCUT2D eigenvalue weighted by atomic mass is 32.1. The summed E-state index contributed by atoms with van der Waals surface area (Å²) in [6, 6.07) is 0. The lowest BCUT2D eigenvalue weighted by atomic mass is 9.92. The molecule has 7 nitrogen and oxygen atoms in total. The summed E-state index contributed by atoms with van der Waals surface area (Å²) >= 11 is 1.10. The van der Waals surface area contributed by atoms with Gasteiger partial charge in [0, 0.05) is 38.5 Å². The largest absolute Gasteiger partial charge is 0.478 e. The van der Waals surface area contributed by atoms with Crippen LogP contribution >= 0.6 is 11.3 Å². The van der Waals surface area contributed by atoms with Crippen molar-refractivity contribution in [3.63, 3.8) is 0 Å². The van der Waals surface area contributed by atoms with Gasteiger partial charge in [-0.2, -0.15) is 0 Å². The number of ether oxygens (including phenoxy) is 3. The van der Waals surface area contributed by atoms with Crippen molar-refractivity contribution in [2.75, 3.05) is 14.2 Å². The summed E-state index contributed by atoms with van der Waals surface area (Å²) in [5.74, 6) is -1.51.